The molecule has 2 N–H and O–H groups in total. The minimum atomic E-state index is -0.564. The Kier molecular flexibility index (Phi) is 3.27. The van der Waals surface area contributed by atoms with Crippen LogP contribution in [0.2, 0.25) is 0 Å². The van der Waals surface area contributed by atoms with Crippen molar-refractivity contribution in [1.82, 2.24) is 10.6 Å². The van der Waals surface area contributed by atoms with Crippen molar-refractivity contribution in [3.63, 3.8) is 0 Å². The number of amides is 2. The van der Waals surface area contributed by atoms with Gasteiger partial charge in [0, 0.05) is 6.54 Å². The SMILES string of the molecule is Cc1ccc(COC(=O)NC2CNC2=O)cc1. The highest BCUT2D eigenvalue weighted by Crippen LogP contribution is 2.05. The van der Waals surface area contributed by atoms with E-state index < -0.39 is 12.1 Å². The quantitative estimate of drug-likeness (QED) is 0.757. The molecule has 0 aliphatic carbocycles. The predicted molar refractivity (Wildman–Crippen MR) is 61.3 cm³/mol. The van der Waals surface area contributed by atoms with E-state index in [1.807, 2.05) is 31.2 Å². The van der Waals surface area contributed by atoms with Gasteiger partial charge < -0.3 is 15.4 Å². The molecule has 17 heavy (non-hydrogen) atoms. The molecule has 1 atom stereocenters. The Balaban J connectivity index is 1.76. The molecule has 1 heterocycles. The van der Waals surface area contributed by atoms with E-state index in [4.69, 9.17) is 4.74 Å². The van der Waals surface area contributed by atoms with E-state index >= 15 is 0 Å². The maximum absolute atomic E-state index is 11.3. The molecular formula is C12H14N2O3. The summed E-state index contributed by atoms with van der Waals surface area (Å²) in [4.78, 5) is 22.2. The highest BCUT2D eigenvalue weighted by atomic mass is 16.5. The highest BCUT2D eigenvalue weighted by molar-refractivity contribution is 5.90. The molecular weight excluding hydrogens is 220 g/mol. The Hall–Kier alpha value is -2.04. The number of nitrogens with one attached hydrogen (secondary N) is 2. The van der Waals surface area contributed by atoms with Crippen molar-refractivity contribution in [2.24, 2.45) is 0 Å². The Morgan fingerprint density at radius 1 is 1.47 bits per heavy atom. The van der Waals surface area contributed by atoms with Gasteiger partial charge in [-0.15, -0.1) is 0 Å². The molecule has 1 aliphatic heterocycles. The van der Waals surface area contributed by atoms with E-state index in [1.54, 1.807) is 0 Å². The van der Waals surface area contributed by atoms with Crippen LogP contribution in [0.15, 0.2) is 24.3 Å². The van der Waals surface area contributed by atoms with E-state index in [9.17, 15) is 9.59 Å². The molecule has 0 aromatic heterocycles. The second-order valence-electron chi connectivity index (χ2n) is 4.00. The standard InChI is InChI=1S/C12H14N2O3/c1-8-2-4-9(5-3-8)7-17-12(16)14-10-6-13-11(10)15/h2-5,10H,6-7H2,1H3,(H,13,15)(H,14,16). The molecule has 0 radical (unpaired) electrons. The molecule has 1 unspecified atom stereocenters. The summed E-state index contributed by atoms with van der Waals surface area (Å²) in [5, 5.41) is 5.01. The second-order valence-corrected chi connectivity index (χ2v) is 4.00. The second kappa shape index (κ2) is 4.86. The van der Waals surface area contributed by atoms with Crippen LogP contribution in [-0.2, 0) is 16.1 Å². The first kappa shape index (κ1) is 11.4. The first-order valence-electron chi connectivity index (χ1n) is 5.42. The Bertz CT molecular complexity index is 428. The number of hydrogen-bond donors (Lipinski definition) is 2. The van der Waals surface area contributed by atoms with Gasteiger partial charge >= 0.3 is 6.09 Å². The summed E-state index contributed by atoms with van der Waals surface area (Å²) in [6, 6.07) is 7.27. The Morgan fingerprint density at radius 2 is 2.18 bits per heavy atom. The van der Waals surface area contributed by atoms with Crippen molar-refractivity contribution >= 4 is 12.0 Å². The third-order valence-corrected chi connectivity index (χ3v) is 2.58. The van der Waals surface area contributed by atoms with Crippen molar-refractivity contribution < 1.29 is 14.3 Å². The molecule has 0 spiro atoms. The van der Waals surface area contributed by atoms with E-state index in [-0.39, 0.29) is 12.5 Å². The lowest BCUT2D eigenvalue weighted by atomic mass is 10.2. The van der Waals surface area contributed by atoms with Gasteiger partial charge in [-0.25, -0.2) is 4.79 Å². The average Bonchev–Trinajstić information content (AvgIpc) is 2.33. The molecule has 90 valence electrons. The van der Waals surface area contributed by atoms with Gasteiger partial charge in [-0.3, -0.25) is 4.79 Å². The van der Waals surface area contributed by atoms with Gasteiger partial charge in [-0.05, 0) is 12.5 Å². The smallest absolute Gasteiger partial charge is 0.408 e. The zero-order chi connectivity index (χ0) is 12.3. The van der Waals surface area contributed by atoms with E-state index in [0.717, 1.165) is 11.1 Å². The molecule has 2 amide bonds. The van der Waals surface area contributed by atoms with Crippen LogP contribution in [0.5, 0.6) is 0 Å². The van der Waals surface area contributed by atoms with E-state index in [1.165, 1.54) is 0 Å². The maximum Gasteiger partial charge on any atom is 0.408 e. The summed E-state index contributed by atoms with van der Waals surface area (Å²) in [6.45, 7) is 2.67. The number of β-lactam (4-membered cyclic amide) rings is 1. The molecule has 1 saturated heterocycles. The summed E-state index contributed by atoms with van der Waals surface area (Å²) in [5.74, 6) is -0.169. The normalized spacial score (nSPS) is 17.9. The number of carbonyl (C=O) groups is 2. The van der Waals surface area contributed by atoms with Crippen molar-refractivity contribution in [1.29, 1.82) is 0 Å². The topological polar surface area (TPSA) is 67.4 Å². The number of aryl methyl sites for hydroxylation is 1. The first-order chi connectivity index (χ1) is 8.15. The van der Waals surface area contributed by atoms with Crippen LogP contribution in [0, 0.1) is 6.92 Å². The van der Waals surface area contributed by atoms with Crippen LogP contribution >= 0.6 is 0 Å². The summed E-state index contributed by atoms with van der Waals surface area (Å²) in [6.07, 6.45) is -0.564. The van der Waals surface area contributed by atoms with Gasteiger partial charge in [-0.1, -0.05) is 29.8 Å². The lowest BCUT2D eigenvalue weighted by Crippen LogP contribution is -2.61. The van der Waals surface area contributed by atoms with Crippen LogP contribution < -0.4 is 10.6 Å². The summed E-state index contributed by atoms with van der Waals surface area (Å²) in [5.41, 5.74) is 2.08. The monoisotopic (exact) mass is 234 g/mol. The molecule has 1 aliphatic rings. The van der Waals surface area contributed by atoms with Crippen LogP contribution in [0.4, 0.5) is 4.79 Å². The van der Waals surface area contributed by atoms with Crippen LogP contribution in [0.25, 0.3) is 0 Å². The van der Waals surface area contributed by atoms with Gasteiger partial charge in [0.05, 0.1) is 0 Å². The fourth-order valence-corrected chi connectivity index (χ4v) is 1.42. The van der Waals surface area contributed by atoms with Gasteiger partial charge in [0.15, 0.2) is 0 Å². The van der Waals surface area contributed by atoms with Crippen LogP contribution in [-0.4, -0.2) is 24.6 Å². The number of rotatable bonds is 3. The van der Waals surface area contributed by atoms with Gasteiger partial charge in [0.1, 0.15) is 12.6 Å². The largest absolute Gasteiger partial charge is 0.445 e. The number of alkyl carbamates (subject to hydrolysis) is 1. The van der Waals surface area contributed by atoms with Crippen LogP contribution in [0.1, 0.15) is 11.1 Å². The van der Waals surface area contributed by atoms with Crippen molar-refractivity contribution in [2.45, 2.75) is 19.6 Å². The van der Waals surface area contributed by atoms with Crippen molar-refractivity contribution in [2.75, 3.05) is 6.54 Å². The lowest BCUT2D eigenvalue weighted by Gasteiger charge is -2.26. The zero-order valence-electron chi connectivity index (χ0n) is 9.53. The van der Waals surface area contributed by atoms with Gasteiger partial charge in [0.2, 0.25) is 5.91 Å². The third-order valence-electron chi connectivity index (χ3n) is 2.58. The van der Waals surface area contributed by atoms with Crippen LogP contribution in [0.3, 0.4) is 0 Å². The minimum absolute atomic E-state index is 0.169. The molecule has 0 saturated carbocycles. The maximum atomic E-state index is 11.3. The molecule has 5 heteroatoms. The molecule has 2 rings (SSSR count). The van der Waals surface area contributed by atoms with E-state index in [2.05, 4.69) is 10.6 Å². The van der Waals surface area contributed by atoms with Crippen molar-refractivity contribution in [3.8, 4) is 0 Å². The lowest BCUT2D eigenvalue weighted by molar-refractivity contribution is -0.128. The third kappa shape index (κ3) is 2.96. The fourth-order valence-electron chi connectivity index (χ4n) is 1.42. The minimum Gasteiger partial charge on any atom is -0.445 e. The number of ether oxygens (including phenoxy) is 1. The summed E-state index contributed by atoms with van der Waals surface area (Å²) >= 11 is 0. The predicted octanol–water partition coefficient (Wildman–Crippen LogP) is 0.720. The average molecular weight is 234 g/mol. The summed E-state index contributed by atoms with van der Waals surface area (Å²) in [7, 11) is 0. The van der Waals surface area contributed by atoms with Gasteiger partial charge in [-0.2, -0.15) is 0 Å². The molecule has 1 aromatic carbocycles. The molecule has 0 bridgehead atoms. The number of carbonyl (C=O) groups excluding carboxylic acids is 2. The molecule has 1 aromatic rings. The molecule has 5 nitrogen and oxygen atoms in total. The Labute approximate surface area is 99.2 Å². The highest BCUT2D eigenvalue weighted by Gasteiger charge is 2.29. The summed E-state index contributed by atoms with van der Waals surface area (Å²) < 4.78 is 4.99. The molecule has 1 fully saturated rings. The van der Waals surface area contributed by atoms with E-state index in [0.29, 0.717) is 6.54 Å². The Morgan fingerprint density at radius 3 is 2.71 bits per heavy atom. The van der Waals surface area contributed by atoms with Gasteiger partial charge in [0.25, 0.3) is 0 Å². The first-order valence-corrected chi connectivity index (χ1v) is 5.42. The number of benzene rings is 1. The number of hydrogen-bond acceptors (Lipinski definition) is 3. The zero-order valence-corrected chi connectivity index (χ0v) is 9.53. The fraction of sp³-hybridized carbons (Fsp3) is 0.333. The van der Waals surface area contributed by atoms with Crippen molar-refractivity contribution in [3.05, 3.63) is 35.4 Å².